The topological polar surface area (TPSA) is 72.5 Å². The number of benzene rings is 2. The van der Waals surface area contributed by atoms with Crippen LogP contribution in [0.5, 0.6) is 0 Å². The van der Waals surface area contributed by atoms with Crippen LogP contribution in [0.25, 0.3) is 0 Å². The largest absolute Gasteiger partial charge is 0.476 e. The van der Waals surface area contributed by atoms with E-state index in [1.54, 1.807) is 13.8 Å². The predicted molar refractivity (Wildman–Crippen MR) is 114 cm³/mol. The highest BCUT2D eigenvalue weighted by Gasteiger charge is 2.26. The van der Waals surface area contributed by atoms with Crippen molar-refractivity contribution in [2.75, 3.05) is 33.2 Å². The lowest BCUT2D eigenvalue weighted by atomic mass is 10.2. The third-order valence-corrected chi connectivity index (χ3v) is 5.49. The van der Waals surface area contributed by atoms with E-state index < -0.39 is 13.9 Å². The van der Waals surface area contributed by atoms with E-state index in [2.05, 4.69) is 0 Å². The van der Waals surface area contributed by atoms with E-state index in [1.807, 2.05) is 60.7 Å². The number of phosphoric acid groups is 1. The number of rotatable bonds is 16. The highest BCUT2D eigenvalue weighted by molar-refractivity contribution is 7.48. The molecule has 0 radical (unpaired) electrons. The van der Waals surface area contributed by atoms with Gasteiger partial charge in [0.15, 0.2) is 6.79 Å². The van der Waals surface area contributed by atoms with E-state index in [9.17, 15) is 4.57 Å². The molecule has 0 bridgehead atoms. The minimum Gasteiger partial charge on any atom is -0.374 e. The maximum atomic E-state index is 12.4. The Morgan fingerprint density at radius 3 is 1.63 bits per heavy atom. The van der Waals surface area contributed by atoms with Crippen molar-refractivity contribution >= 4 is 7.82 Å². The second-order valence-corrected chi connectivity index (χ2v) is 7.99. The molecule has 0 N–H and O–H groups in total. The van der Waals surface area contributed by atoms with Crippen molar-refractivity contribution in [3.05, 3.63) is 71.8 Å². The number of phosphoric ester groups is 1. The molecule has 30 heavy (non-hydrogen) atoms. The fourth-order valence-corrected chi connectivity index (χ4v) is 3.57. The molecule has 0 spiro atoms. The van der Waals surface area contributed by atoms with E-state index in [4.69, 9.17) is 27.8 Å². The standard InChI is InChI=1S/C22H31O7P/c1-3-27-30(23,28-4-2)29-19-26-22(17-24-15-20-11-7-5-8-12-20)18-25-16-21-13-9-6-10-14-21/h5-14,22H,3-4,15-19H2,1-2H3. The Kier molecular flexibility index (Phi) is 11.9. The Morgan fingerprint density at radius 1 is 0.733 bits per heavy atom. The molecular formula is C22H31O7P. The third kappa shape index (κ3) is 9.96. The van der Waals surface area contributed by atoms with E-state index >= 15 is 0 Å². The fourth-order valence-electron chi connectivity index (χ4n) is 2.53. The summed E-state index contributed by atoms with van der Waals surface area (Å²) in [4.78, 5) is 0. The van der Waals surface area contributed by atoms with Crippen molar-refractivity contribution in [1.29, 1.82) is 0 Å². The number of hydrogen-bond donors (Lipinski definition) is 0. The highest BCUT2D eigenvalue weighted by Crippen LogP contribution is 2.49. The van der Waals surface area contributed by atoms with Gasteiger partial charge in [-0.15, -0.1) is 0 Å². The molecule has 0 heterocycles. The first-order chi connectivity index (χ1) is 14.6. The van der Waals surface area contributed by atoms with Crippen LogP contribution in [0.1, 0.15) is 25.0 Å². The molecule has 0 aliphatic rings. The summed E-state index contributed by atoms with van der Waals surface area (Å²) in [5, 5.41) is 0. The third-order valence-electron chi connectivity index (χ3n) is 3.92. The SMILES string of the molecule is CCOP(=O)(OCC)OCOC(COCc1ccccc1)COCc1ccccc1. The van der Waals surface area contributed by atoms with Crippen LogP contribution in [0, 0.1) is 0 Å². The lowest BCUT2D eigenvalue weighted by Crippen LogP contribution is -2.27. The molecule has 0 saturated heterocycles. The monoisotopic (exact) mass is 438 g/mol. The molecule has 0 atom stereocenters. The van der Waals surface area contributed by atoms with Gasteiger partial charge < -0.3 is 14.2 Å². The minimum atomic E-state index is -3.63. The lowest BCUT2D eigenvalue weighted by molar-refractivity contribution is -0.112. The zero-order valence-electron chi connectivity index (χ0n) is 17.6. The van der Waals surface area contributed by atoms with Crippen molar-refractivity contribution in [2.24, 2.45) is 0 Å². The van der Waals surface area contributed by atoms with Crippen LogP contribution in [0.2, 0.25) is 0 Å². The van der Waals surface area contributed by atoms with Gasteiger partial charge in [-0.3, -0.25) is 13.6 Å². The second kappa shape index (κ2) is 14.4. The maximum Gasteiger partial charge on any atom is 0.476 e. The van der Waals surface area contributed by atoms with Crippen molar-refractivity contribution in [3.63, 3.8) is 0 Å². The second-order valence-electron chi connectivity index (χ2n) is 6.32. The van der Waals surface area contributed by atoms with Gasteiger partial charge in [-0.1, -0.05) is 60.7 Å². The Balaban J connectivity index is 1.82. The van der Waals surface area contributed by atoms with Gasteiger partial charge in [0, 0.05) is 0 Å². The van der Waals surface area contributed by atoms with Gasteiger partial charge in [-0.2, -0.15) is 0 Å². The highest BCUT2D eigenvalue weighted by atomic mass is 31.2. The van der Waals surface area contributed by atoms with Crippen LogP contribution in [0.3, 0.4) is 0 Å². The zero-order valence-corrected chi connectivity index (χ0v) is 18.5. The summed E-state index contributed by atoms with van der Waals surface area (Å²) >= 11 is 0. The van der Waals surface area contributed by atoms with Gasteiger partial charge in [-0.05, 0) is 25.0 Å². The molecular weight excluding hydrogens is 407 g/mol. The average Bonchev–Trinajstić information content (AvgIpc) is 2.75. The van der Waals surface area contributed by atoms with Crippen LogP contribution in [-0.2, 0) is 45.6 Å². The van der Waals surface area contributed by atoms with Gasteiger partial charge in [0.05, 0.1) is 39.6 Å². The van der Waals surface area contributed by atoms with Gasteiger partial charge in [0.25, 0.3) is 0 Å². The van der Waals surface area contributed by atoms with Gasteiger partial charge in [-0.25, -0.2) is 4.57 Å². The molecule has 2 aromatic rings. The molecule has 2 aromatic carbocycles. The lowest BCUT2D eigenvalue weighted by Gasteiger charge is -2.21. The molecule has 0 unspecified atom stereocenters. The average molecular weight is 438 g/mol. The molecule has 0 aliphatic carbocycles. The van der Waals surface area contributed by atoms with E-state index in [-0.39, 0.29) is 20.0 Å². The Hall–Kier alpha value is -1.57. The van der Waals surface area contributed by atoms with Gasteiger partial charge in [0.2, 0.25) is 0 Å². The minimum absolute atomic E-state index is 0.209. The summed E-state index contributed by atoms with van der Waals surface area (Å²) in [5.74, 6) is 0. The van der Waals surface area contributed by atoms with Crippen LogP contribution in [0.4, 0.5) is 0 Å². The Morgan fingerprint density at radius 2 is 1.20 bits per heavy atom. The van der Waals surface area contributed by atoms with Crippen LogP contribution in [0.15, 0.2) is 60.7 Å². The zero-order chi connectivity index (χ0) is 21.5. The first kappa shape index (κ1) is 24.7. The summed E-state index contributed by atoms with van der Waals surface area (Å²) in [7, 11) is -3.63. The quantitative estimate of drug-likeness (QED) is 0.271. The van der Waals surface area contributed by atoms with Crippen molar-refractivity contribution in [2.45, 2.75) is 33.2 Å². The molecule has 0 aromatic heterocycles. The molecule has 0 amide bonds. The van der Waals surface area contributed by atoms with Crippen molar-refractivity contribution in [1.82, 2.24) is 0 Å². The van der Waals surface area contributed by atoms with E-state index in [1.165, 1.54) is 0 Å². The Bertz CT molecular complexity index is 671. The number of hydrogen-bond acceptors (Lipinski definition) is 7. The molecule has 2 rings (SSSR count). The molecule has 8 heteroatoms. The molecule has 0 saturated carbocycles. The van der Waals surface area contributed by atoms with Crippen LogP contribution >= 0.6 is 7.82 Å². The summed E-state index contributed by atoms with van der Waals surface area (Å²) < 4.78 is 45.1. The van der Waals surface area contributed by atoms with Crippen molar-refractivity contribution < 1.29 is 32.3 Å². The molecule has 7 nitrogen and oxygen atoms in total. The van der Waals surface area contributed by atoms with E-state index in [0.29, 0.717) is 26.4 Å². The predicted octanol–water partition coefficient (Wildman–Crippen LogP) is 4.96. The smallest absolute Gasteiger partial charge is 0.374 e. The van der Waals surface area contributed by atoms with Crippen LogP contribution < -0.4 is 0 Å². The molecule has 0 aliphatic heterocycles. The van der Waals surface area contributed by atoms with Crippen molar-refractivity contribution in [3.8, 4) is 0 Å². The fraction of sp³-hybridized carbons (Fsp3) is 0.455. The Labute approximate surface area is 178 Å². The summed E-state index contributed by atoms with van der Waals surface area (Å²) in [6, 6.07) is 19.7. The number of ether oxygens (including phenoxy) is 3. The van der Waals surface area contributed by atoms with Gasteiger partial charge in [0.1, 0.15) is 6.10 Å². The molecule has 166 valence electrons. The van der Waals surface area contributed by atoms with Crippen LogP contribution in [-0.4, -0.2) is 39.3 Å². The first-order valence-corrected chi connectivity index (χ1v) is 11.5. The summed E-state index contributed by atoms with van der Waals surface area (Å²) in [5.41, 5.74) is 2.13. The summed E-state index contributed by atoms with van der Waals surface area (Å²) in [6.45, 7) is 5.09. The van der Waals surface area contributed by atoms with Gasteiger partial charge >= 0.3 is 7.82 Å². The van der Waals surface area contributed by atoms with E-state index in [0.717, 1.165) is 11.1 Å². The maximum absolute atomic E-state index is 12.4. The first-order valence-electron chi connectivity index (χ1n) is 10.0. The normalized spacial score (nSPS) is 11.8. The summed E-state index contributed by atoms with van der Waals surface area (Å²) in [6.07, 6.45) is -0.408. The molecule has 0 fully saturated rings.